The molecule has 1 heterocycles. The van der Waals surface area contributed by atoms with Gasteiger partial charge in [-0.3, -0.25) is 0 Å². The van der Waals surface area contributed by atoms with Crippen LogP contribution in [-0.2, 0) is 6.42 Å². The minimum absolute atomic E-state index is 0.0113. The molecule has 0 saturated carbocycles. The average Bonchev–Trinajstić information content (AvgIpc) is 2.76. The third-order valence-corrected chi connectivity index (χ3v) is 5.16. The van der Waals surface area contributed by atoms with E-state index in [0.717, 1.165) is 9.35 Å². The molecule has 0 amide bonds. The highest BCUT2D eigenvalue weighted by Crippen LogP contribution is 2.31. The topological polar surface area (TPSA) is 26.0 Å². The Balaban J connectivity index is 2.30. The first kappa shape index (κ1) is 14.1. The lowest BCUT2D eigenvalue weighted by Gasteiger charge is -2.12. The Hall–Kier alpha value is -0.300. The van der Waals surface area contributed by atoms with E-state index in [9.17, 15) is 8.78 Å². The maximum Gasteiger partial charge on any atom is 0.143 e. The maximum absolute atomic E-state index is 13.8. The largest absolute Gasteiger partial charge is 0.323 e. The summed E-state index contributed by atoms with van der Waals surface area (Å²) in [6.45, 7) is 0. The summed E-state index contributed by atoms with van der Waals surface area (Å²) in [7, 11) is 0. The van der Waals surface area contributed by atoms with Crippen LogP contribution in [0.25, 0.3) is 0 Å². The van der Waals surface area contributed by atoms with E-state index >= 15 is 0 Å². The first-order chi connectivity index (χ1) is 8.50. The molecule has 0 aliphatic heterocycles. The molecule has 0 bridgehead atoms. The quantitative estimate of drug-likeness (QED) is 0.741. The van der Waals surface area contributed by atoms with Crippen LogP contribution in [0.15, 0.2) is 32.5 Å². The monoisotopic (exact) mass is 395 g/mol. The SMILES string of the molecule is NC(Cc1c(F)ccc(Br)c1F)c1sccc1Br. The second-order valence-electron chi connectivity index (χ2n) is 3.77. The molecule has 1 aromatic heterocycles. The van der Waals surface area contributed by atoms with E-state index in [4.69, 9.17) is 5.73 Å². The Kier molecular flexibility index (Phi) is 4.53. The zero-order chi connectivity index (χ0) is 13.3. The van der Waals surface area contributed by atoms with Crippen molar-refractivity contribution in [3.05, 3.63) is 54.6 Å². The van der Waals surface area contributed by atoms with E-state index < -0.39 is 17.7 Å². The first-order valence-electron chi connectivity index (χ1n) is 5.11. The summed E-state index contributed by atoms with van der Waals surface area (Å²) in [5, 5.41) is 1.88. The highest BCUT2D eigenvalue weighted by atomic mass is 79.9. The molecule has 2 aromatic rings. The third kappa shape index (κ3) is 2.82. The van der Waals surface area contributed by atoms with E-state index in [1.54, 1.807) is 0 Å². The Bertz CT molecular complexity index is 571. The fourth-order valence-electron chi connectivity index (χ4n) is 1.64. The van der Waals surface area contributed by atoms with E-state index in [1.165, 1.54) is 23.5 Å². The Morgan fingerprint density at radius 2 is 1.89 bits per heavy atom. The molecule has 0 aliphatic rings. The van der Waals surface area contributed by atoms with Crippen molar-refractivity contribution in [3.63, 3.8) is 0 Å². The molecule has 0 spiro atoms. The lowest BCUT2D eigenvalue weighted by molar-refractivity contribution is 0.537. The van der Waals surface area contributed by atoms with Crippen LogP contribution in [0.5, 0.6) is 0 Å². The van der Waals surface area contributed by atoms with Gasteiger partial charge in [0, 0.05) is 21.0 Å². The zero-order valence-electron chi connectivity index (χ0n) is 9.09. The first-order valence-corrected chi connectivity index (χ1v) is 7.58. The highest BCUT2D eigenvalue weighted by molar-refractivity contribution is 9.10. The third-order valence-electron chi connectivity index (χ3n) is 2.54. The van der Waals surface area contributed by atoms with Crippen molar-refractivity contribution >= 4 is 43.2 Å². The van der Waals surface area contributed by atoms with Gasteiger partial charge in [0.05, 0.1) is 4.47 Å². The Morgan fingerprint density at radius 1 is 1.17 bits per heavy atom. The van der Waals surface area contributed by atoms with Crippen molar-refractivity contribution in [1.82, 2.24) is 0 Å². The van der Waals surface area contributed by atoms with Crippen LogP contribution in [0.2, 0.25) is 0 Å². The summed E-state index contributed by atoms with van der Waals surface area (Å²) in [6.07, 6.45) is 0.121. The van der Waals surface area contributed by atoms with Crippen LogP contribution >= 0.6 is 43.2 Å². The van der Waals surface area contributed by atoms with Gasteiger partial charge in [-0.15, -0.1) is 11.3 Å². The number of nitrogens with two attached hydrogens (primary N) is 1. The van der Waals surface area contributed by atoms with Crippen molar-refractivity contribution in [3.8, 4) is 0 Å². The lowest BCUT2D eigenvalue weighted by atomic mass is 10.0. The van der Waals surface area contributed by atoms with Crippen LogP contribution in [0, 0.1) is 11.6 Å². The van der Waals surface area contributed by atoms with Crippen molar-refractivity contribution < 1.29 is 8.78 Å². The van der Waals surface area contributed by atoms with E-state index in [-0.39, 0.29) is 16.5 Å². The standard InChI is InChI=1S/C12H9Br2F2NS/c13-7-1-2-9(15)6(11(7)16)5-10(17)12-8(14)3-4-18-12/h1-4,10H,5,17H2. The summed E-state index contributed by atoms with van der Waals surface area (Å²) in [6, 6.07) is 4.02. The van der Waals surface area contributed by atoms with Crippen molar-refractivity contribution in [2.75, 3.05) is 0 Å². The molecule has 1 nitrogen and oxygen atoms in total. The highest BCUT2D eigenvalue weighted by Gasteiger charge is 2.18. The number of benzene rings is 1. The Morgan fingerprint density at radius 3 is 2.50 bits per heavy atom. The molecule has 2 rings (SSSR count). The van der Waals surface area contributed by atoms with Crippen LogP contribution in [0.4, 0.5) is 8.78 Å². The zero-order valence-corrected chi connectivity index (χ0v) is 13.1. The second-order valence-corrected chi connectivity index (χ2v) is 6.42. The van der Waals surface area contributed by atoms with Gasteiger partial charge in [0.2, 0.25) is 0 Å². The summed E-state index contributed by atoms with van der Waals surface area (Å²) < 4.78 is 28.5. The summed E-state index contributed by atoms with van der Waals surface area (Å²) >= 11 is 7.87. The molecule has 0 fully saturated rings. The summed E-state index contributed by atoms with van der Waals surface area (Å²) in [5.74, 6) is -1.16. The molecule has 96 valence electrons. The van der Waals surface area contributed by atoms with Crippen LogP contribution < -0.4 is 5.73 Å². The van der Waals surface area contributed by atoms with Gasteiger partial charge in [-0.1, -0.05) is 0 Å². The number of hydrogen-bond donors (Lipinski definition) is 1. The normalized spacial score (nSPS) is 12.7. The minimum Gasteiger partial charge on any atom is -0.323 e. The number of thiophene rings is 1. The number of halogens is 4. The molecule has 2 N–H and O–H groups in total. The van der Waals surface area contributed by atoms with Gasteiger partial charge in [-0.25, -0.2) is 8.78 Å². The fourth-order valence-corrected chi connectivity index (χ4v) is 3.68. The molecule has 0 aliphatic carbocycles. The van der Waals surface area contributed by atoms with Gasteiger partial charge < -0.3 is 5.73 Å². The van der Waals surface area contributed by atoms with Crippen molar-refractivity contribution in [2.24, 2.45) is 5.73 Å². The van der Waals surface area contributed by atoms with E-state index in [2.05, 4.69) is 31.9 Å². The second kappa shape index (κ2) is 5.77. The predicted octanol–water partition coefficient (Wildman–Crippen LogP) is 4.79. The number of hydrogen-bond acceptors (Lipinski definition) is 2. The molecule has 1 unspecified atom stereocenters. The van der Waals surface area contributed by atoms with Crippen LogP contribution in [0.3, 0.4) is 0 Å². The Labute approximate surface area is 124 Å². The molecule has 0 saturated heterocycles. The molecule has 1 atom stereocenters. The van der Waals surface area contributed by atoms with Gasteiger partial charge in [0.1, 0.15) is 11.6 Å². The summed E-state index contributed by atoms with van der Waals surface area (Å²) in [4.78, 5) is 0.883. The molecule has 18 heavy (non-hydrogen) atoms. The molecule has 0 radical (unpaired) electrons. The van der Waals surface area contributed by atoms with Crippen LogP contribution in [0.1, 0.15) is 16.5 Å². The molecule has 1 aromatic carbocycles. The van der Waals surface area contributed by atoms with Gasteiger partial charge in [0.25, 0.3) is 0 Å². The molecular formula is C12H9Br2F2NS. The summed E-state index contributed by atoms with van der Waals surface area (Å²) in [5.41, 5.74) is 6.00. The maximum atomic E-state index is 13.8. The fraction of sp³-hybridized carbons (Fsp3) is 0.167. The predicted molar refractivity (Wildman–Crippen MR) is 76.7 cm³/mol. The molecule has 6 heteroatoms. The van der Waals surface area contributed by atoms with Crippen molar-refractivity contribution in [1.29, 1.82) is 0 Å². The van der Waals surface area contributed by atoms with Crippen molar-refractivity contribution in [2.45, 2.75) is 12.5 Å². The van der Waals surface area contributed by atoms with Gasteiger partial charge in [0.15, 0.2) is 0 Å². The minimum atomic E-state index is -0.585. The number of rotatable bonds is 3. The van der Waals surface area contributed by atoms with E-state index in [1.807, 2.05) is 11.4 Å². The average molecular weight is 397 g/mol. The molecular weight excluding hydrogens is 388 g/mol. The van der Waals surface area contributed by atoms with Gasteiger partial charge >= 0.3 is 0 Å². The van der Waals surface area contributed by atoms with E-state index in [0.29, 0.717) is 0 Å². The van der Waals surface area contributed by atoms with Gasteiger partial charge in [-0.2, -0.15) is 0 Å². The lowest BCUT2D eigenvalue weighted by Crippen LogP contribution is -2.14. The smallest absolute Gasteiger partial charge is 0.143 e. The van der Waals surface area contributed by atoms with Gasteiger partial charge in [-0.05, 0) is 61.9 Å². The van der Waals surface area contributed by atoms with Crippen LogP contribution in [-0.4, -0.2) is 0 Å².